The quantitative estimate of drug-likeness (QED) is 0.550. The van der Waals surface area contributed by atoms with E-state index in [1.54, 1.807) is 0 Å². The zero-order chi connectivity index (χ0) is 21.8. The van der Waals surface area contributed by atoms with E-state index in [1.165, 1.54) is 22.9 Å². The number of aryl methyl sites for hydroxylation is 2. The summed E-state index contributed by atoms with van der Waals surface area (Å²) in [6, 6.07) is 19.2. The average molecular weight is 436 g/mol. The van der Waals surface area contributed by atoms with Crippen LogP contribution >= 0.6 is 11.8 Å². The molecule has 0 N–H and O–H groups in total. The minimum absolute atomic E-state index is 0.160. The van der Waals surface area contributed by atoms with Crippen LogP contribution in [0.2, 0.25) is 0 Å². The van der Waals surface area contributed by atoms with E-state index in [0.717, 1.165) is 42.8 Å². The molecule has 1 fully saturated rings. The van der Waals surface area contributed by atoms with Gasteiger partial charge in [0.05, 0.1) is 5.75 Å². The molecule has 0 bridgehead atoms. The Kier molecular flexibility index (Phi) is 6.73. The number of rotatable bonds is 6. The van der Waals surface area contributed by atoms with Crippen LogP contribution in [0.15, 0.2) is 59.8 Å². The van der Waals surface area contributed by atoms with Gasteiger partial charge in [-0.25, -0.2) is 0 Å². The fourth-order valence-corrected chi connectivity index (χ4v) is 4.85. The van der Waals surface area contributed by atoms with E-state index in [1.807, 2.05) is 22.5 Å². The van der Waals surface area contributed by atoms with Gasteiger partial charge in [0.15, 0.2) is 5.16 Å². The SMILES string of the molecule is Cc1ccc(-n2c(C)nnc2SCC(=O)N2CCN(C(C)c3ccccc3)CC2)cc1. The number of nitrogens with zero attached hydrogens (tertiary/aromatic N) is 5. The first kappa shape index (κ1) is 21.6. The lowest BCUT2D eigenvalue weighted by molar-refractivity contribution is -0.130. The third-order valence-electron chi connectivity index (χ3n) is 5.91. The van der Waals surface area contributed by atoms with Crippen LogP contribution in [0.5, 0.6) is 0 Å². The number of hydrogen-bond donors (Lipinski definition) is 0. The third-order valence-corrected chi connectivity index (χ3v) is 6.82. The molecule has 3 aromatic rings. The van der Waals surface area contributed by atoms with Crippen molar-refractivity contribution in [3.8, 4) is 5.69 Å². The average Bonchev–Trinajstić information content (AvgIpc) is 3.18. The van der Waals surface area contributed by atoms with Gasteiger partial charge in [0, 0.05) is 37.9 Å². The predicted octanol–water partition coefficient (Wildman–Crippen LogP) is 3.88. The Morgan fingerprint density at radius 1 is 0.968 bits per heavy atom. The zero-order valence-electron chi connectivity index (χ0n) is 18.4. The van der Waals surface area contributed by atoms with Crippen molar-refractivity contribution in [2.24, 2.45) is 0 Å². The van der Waals surface area contributed by atoms with Crippen LogP contribution in [0.25, 0.3) is 5.69 Å². The maximum Gasteiger partial charge on any atom is 0.233 e. The summed E-state index contributed by atoms with van der Waals surface area (Å²) in [5, 5.41) is 9.28. The second-order valence-electron chi connectivity index (χ2n) is 7.99. The molecule has 6 nitrogen and oxygen atoms in total. The van der Waals surface area contributed by atoms with Gasteiger partial charge in [-0.05, 0) is 38.5 Å². The minimum Gasteiger partial charge on any atom is -0.339 e. The molecule has 1 atom stereocenters. The number of thioether (sulfide) groups is 1. The summed E-state index contributed by atoms with van der Waals surface area (Å²) in [6.07, 6.45) is 0. The van der Waals surface area contributed by atoms with E-state index in [9.17, 15) is 4.79 Å². The van der Waals surface area contributed by atoms with Crippen molar-refractivity contribution >= 4 is 17.7 Å². The number of aromatic nitrogens is 3. The van der Waals surface area contributed by atoms with Crippen LogP contribution in [0, 0.1) is 13.8 Å². The van der Waals surface area contributed by atoms with Crippen LogP contribution < -0.4 is 0 Å². The predicted molar refractivity (Wildman–Crippen MR) is 125 cm³/mol. The molecule has 2 aromatic carbocycles. The molecule has 0 radical (unpaired) electrons. The summed E-state index contributed by atoms with van der Waals surface area (Å²) in [5.41, 5.74) is 3.55. The van der Waals surface area contributed by atoms with Gasteiger partial charge in [-0.3, -0.25) is 14.3 Å². The van der Waals surface area contributed by atoms with Gasteiger partial charge in [0.2, 0.25) is 5.91 Å². The van der Waals surface area contributed by atoms with Gasteiger partial charge in [0.1, 0.15) is 5.82 Å². The first-order chi connectivity index (χ1) is 15.0. The van der Waals surface area contributed by atoms with Crippen LogP contribution in [0.3, 0.4) is 0 Å². The monoisotopic (exact) mass is 435 g/mol. The Morgan fingerprint density at radius 2 is 1.65 bits per heavy atom. The maximum absolute atomic E-state index is 12.8. The Balaban J connectivity index is 1.33. The number of piperazine rings is 1. The molecule has 1 aliphatic heterocycles. The normalized spacial score (nSPS) is 15.8. The number of hydrogen-bond acceptors (Lipinski definition) is 5. The molecule has 1 amide bonds. The fourth-order valence-electron chi connectivity index (χ4n) is 3.95. The summed E-state index contributed by atoms with van der Waals surface area (Å²) >= 11 is 1.46. The Labute approximate surface area is 188 Å². The van der Waals surface area contributed by atoms with Crippen LogP contribution in [-0.4, -0.2) is 62.4 Å². The highest BCUT2D eigenvalue weighted by atomic mass is 32.2. The van der Waals surface area contributed by atoms with Crippen molar-refractivity contribution < 1.29 is 4.79 Å². The molecule has 1 aliphatic rings. The van der Waals surface area contributed by atoms with Gasteiger partial charge in [-0.1, -0.05) is 59.8 Å². The molecule has 0 spiro atoms. The highest BCUT2D eigenvalue weighted by Crippen LogP contribution is 2.24. The second-order valence-corrected chi connectivity index (χ2v) is 8.94. The lowest BCUT2D eigenvalue weighted by Gasteiger charge is -2.38. The van der Waals surface area contributed by atoms with Crippen LogP contribution in [-0.2, 0) is 4.79 Å². The Morgan fingerprint density at radius 3 is 2.32 bits per heavy atom. The molecule has 31 heavy (non-hydrogen) atoms. The highest BCUT2D eigenvalue weighted by Gasteiger charge is 2.25. The minimum atomic E-state index is 0.160. The summed E-state index contributed by atoms with van der Waals surface area (Å²) in [7, 11) is 0. The van der Waals surface area contributed by atoms with E-state index < -0.39 is 0 Å². The number of benzene rings is 2. The van der Waals surface area contributed by atoms with Gasteiger partial charge in [0.25, 0.3) is 0 Å². The van der Waals surface area contributed by atoms with Crippen molar-refractivity contribution in [1.29, 1.82) is 0 Å². The van der Waals surface area contributed by atoms with Gasteiger partial charge < -0.3 is 4.90 Å². The smallest absolute Gasteiger partial charge is 0.233 e. The molecule has 162 valence electrons. The van der Waals surface area contributed by atoms with E-state index in [2.05, 4.69) is 77.5 Å². The standard InChI is InChI=1S/C24H29N5OS/c1-18-9-11-22(12-10-18)29-20(3)25-26-24(29)31-17-23(30)28-15-13-27(14-16-28)19(2)21-7-5-4-6-8-21/h4-12,19H,13-17H2,1-3H3. The third kappa shape index (κ3) is 4.99. The van der Waals surface area contributed by atoms with Gasteiger partial charge >= 0.3 is 0 Å². The van der Waals surface area contributed by atoms with E-state index in [4.69, 9.17) is 0 Å². The molecule has 7 heteroatoms. The number of carbonyl (C=O) groups is 1. The van der Waals surface area contributed by atoms with Crippen molar-refractivity contribution in [1.82, 2.24) is 24.6 Å². The topological polar surface area (TPSA) is 54.3 Å². The van der Waals surface area contributed by atoms with Crippen molar-refractivity contribution in [3.63, 3.8) is 0 Å². The molecule has 2 heterocycles. The summed E-state index contributed by atoms with van der Waals surface area (Å²) < 4.78 is 2.01. The Bertz CT molecular complexity index is 1010. The summed E-state index contributed by atoms with van der Waals surface area (Å²) in [4.78, 5) is 17.3. The van der Waals surface area contributed by atoms with Gasteiger partial charge in [-0.15, -0.1) is 10.2 Å². The van der Waals surface area contributed by atoms with E-state index in [-0.39, 0.29) is 5.91 Å². The molecular weight excluding hydrogens is 406 g/mol. The van der Waals surface area contributed by atoms with Crippen LogP contribution in [0.4, 0.5) is 0 Å². The summed E-state index contributed by atoms with van der Waals surface area (Å²) in [6.45, 7) is 9.56. The first-order valence-electron chi connectivity index (χ1n) is 10.7. The molecule has 1 saturated heterocycles. The zero-order valence-corrected chi connectivity index (χ0v) is 19.2. The van der Waals surface area contributed by atoms with E-state index >= 15 is 0 Å². The molecule has 1 aromatic heterocycles. The van der Waals surface area contributed by atoms with Crippen molar-refractivity contribution in [2.75, 3.05) is 31.9 Å². The lowest BCUT2D eigenvalue weighted by Crippen LogP contribution is -2.49. The fraction of sp³-hybridized carbons (Fsp3) is 0.375. The highest BCUT2D eigenvalue weighted by molar-refractivity contribution is 7.99. The lowest BCUT2D eigenvalue weighted by atomic mass is 10.1. The van der Waals surface area contributed by atoms with E-state index in [0.29, 0.717) is 11.8 Å². The molecule has 1 unspecified atom stereocenters. The largest absolute Gasteiger partial charge is 0.339 e. The van der Waals surface area contributed by atoms with Crippen molar-refractivity contribution in [3.05, 3.63) is 71.5 Å². The Hall–Kier alpha value is -2.64. The molecule has 0 aliphatic carbocycles. The number of carbonyl (C=O) groups excluding carboxylic acids is 1. The number of amides is 1. The maximum atomic E-state index is 12.8. The van der Waals surface area contributed by atoms with Crippen molar-refractivity contribution in [2.45, 2.75) is 32.0 Å². The second kappa shape index (κ2) is 9.66. The van der Waals surface area contributed by atoms with Gasteiger partial charge in [-0.2, -0.15) is 0 Å². The molecule has 4 rings (SSSR count). The first-order valence-corrected chi connectivity index (χ1v) is 11.7. The molecule has 0 saturated carbocycles. The molecular formula is C24H29N5OS. The summed E-state index contributed by atoms with van der Waals surface area (Å²) in [5.74, 6) is 1.36. The van der Waals surface area contributed by atoms with Crippen LogP contribution in [0.1, 0.15) is 29.9 Å².